The first kappa shape index (κ1) is 9.45. The van der Waals surface area contributed by atoms with Gasteiger partial charge in [-0.15, -0.1) is 0 Å². The number of carbonyl (C=O) groups excluding carboxylic acids is 1. The van der Waals surface area contributed by atoms with E-state index >= 15 is 0 Å². The average molecular weight is 188 g/mol. The van der Waals surface area contributed by atoms with Gasteiger partial charge in [0.05, 0.1) is 0 Å². The van der Waals surface area contributed by atoms with Crippen LogP contribution in [0.5, 0.6) is 0 Å². The SMILES string of the molecule is CC(=O)CC1CCc2cc(C)ccc21. The molecule has 0 bridgehead atoms. The fraction of sp³-hybridized carbons (Fsp3) is 0.462. The van der Waals surface area contributed by atoms with Crippen LogP contribution in [-0.4, -0.2) is 5.78 Å². The predicted molar refractivity (Wildman–Crippen MR) is 57.5 cm³/mol. The van der Waals surface area contributed by atoms with Crippen molar-refractivity contribution in [3.8, 4) is 0 Å². The molecule has 1 unspecified atom stereocenters. The zero-order chi connectivity index (χ0) is 10.1. The molecule has 0 heterocycles. The standard InChI is InChI=1S/C13H16O/c1-9-3-6-13-11(7-9)4-5-12(13)8-10(2)14/h3,6-7,12H,4-5,8H2,1-2H3. The lowest BCUT2D eigenvalue weighted by Crippen LogP contribution is -2.00. The van der Waals surface area contributed by atoms with E-state index in [0.29, 0.717) is 11.7 Å². The van der Waals surface area contributed by atoms with Crippen molar-refractivity contribution in [1.82, 2.24) is 0 Å². The molecule has 2 rings (SSSR count). The van der Waals surface area contributed by atoms with E-state index in [4.69, 9.17) is 0 Å². The van der Waals surface area contributed by atoms with Crippen molar-refractivity contribution in [2.24, 2.45) is 0 Å². The topological polar surface area (TPSA) is 17.1 Å². The van der Waals surface area contributed by atoms with Crippen molar-refractivity contribution >= 4 is 5.78 Å². The summed E-state index contributed by atoms with van der Waals surface area (Å²) in [5.41, 5.74) is 4.19. The quantitative estimate of drug-likeness (QED) is 0.697. The maximum absolute atomic E-state index is 11.1. The molecule has 0 radical (unpaired) electrons. The first-order valence-corrected chi connectivity index (χ1v) is 5.25. The van der Waals surface area contributed by atoms with Gasteiger partial charge >= 0.3 is 0 Å². The first-order chi connectivity index (χ1) is 6.66. The number of benzene rings is 1. The van der Waals surface area contributed by atoms with Gasteiger partial charge in [-0.25, -0.2) is 0 Å². The second kappa shape index (κ2) is 3.56. The van der Waals surface area contributed by atoms with Gasteiger partial charge < -0.3 is 4.79 Å². The van der Waals surface area contributed by atoms with Crippen molar-refractivity contribution in [3.05, 3.63) is 34.9 Å². The molecule has 0 N–H and O–H groups in total. The van der Waals surface area contributed by atoms with Crippen LogP contribution in [0.1, 0.15) is 42.4 Å². The summed E-state index contributed by atoms with van der Waals surface area (Å²) in [6.45, 7) is 3.81. The molecule has 1 aromatic rings. The highest BCUT2D eigenvalue weighted by Gasteiger charge is 2.23. The van der Waals surface area contributed by atoms with Gasteiger partial charge in [0.1, 0.15) is 5.78 Å². The zero-order valence-corrected chi connectivity index (χ0v) is 8.84. The molecule has 1 aromatic carbocycles. The highest BCUT2D eigenvalue weighted by atomic mass is 16.1. The number of rotatable bonds is 2. The second-order valence-electron chi connectivity index (χ2n) is 4.34. The lowest BCUT2D eigenvalue weighted by atomic mass is 9.95. The van der Waals surface area contributed by atoms with Crippen LogP contribution in [0.15, 0.2) is 18.2 Å². The third kappa shape index (κ3) is 1.72. The van der Waals surface area contributed by atoms with Crippen LogP contribution in [0.25, 0.3) is 0 Å². The molecule has 0 amide bonds. The summed E-state index contributed by atoms with van der Waals surface area (Å²) in [5, 5.41) is 0. The third-order valence-corrected chi connectivity index (χ3v) is 3.03. The lowest BCUT2D eigenvalue weighted by Gasteiger charge is -2.09. The molecule has 0 fully saturated rings. The van der Waals surface area contributed by atoms with E-state index in [1.807, 2.05) is 0 Å². The molecule has 1 aliphatic rings. The van der Waals surface area contributed by atoms with Gasteiger partial charge in [0.2, 0.25) is 0 Å². The predicted octanol–water partition coefficient (Wildman–Crippen LogP) is 3.00. The highest BCUT2D eigenvalue weighted by molar-refractivity contribution is 5.76. The Labute approximate surface area is 85.1 Å². The van der Waals surface area contributed by atoms with E-state index in [1.54, 1.807) is 6.92 Å². The maximum Gasteiger partial charge on any atom is 0.130 e. The van der Waals surface area contributed by atoms with E-state index < -0.39 is 0 Å². The van der Waals surface area contributed by atoms with Crippen LogP contribution in [0.4, 0.5) is 0 Å². The normalized spacial score (nSPS) is 19.4. The number of carbonyl (C=O) groups is 1. The van der Waals surface area contributed by atoms with E-state index in [1.165, 1.54) is 16.7 Å². The Balaban J connectivity index is 2.26. The lowest BCUT2D eigenvalue weighted by molar-refractivity contribution is -0.117. The maximum atomic E-state index is 11.1. The van der Waals surface area contributed by atoms with Crippen LogP contribution in [0, 0.1) is 6.92 Å². The Bertz CT molecular complexity index is 365. The van der Waals surface area contributed by atoms with Gasteiger partial charge in [0, 0.05) is 6.42 Å². The smallest absolute Gasteiger partial charge is 0.130 e. The molecule has 1 atom stereocenters. The molecule has 1 nitrogen and oxygen atoms in total. The van der Waals surface area contributed by atoms with Crippen molar-refractivity contribution in [3.63, 3.8) is 0 Å². The molecule has 0 aromatic heterocycles. The summed E-state index contributed by atoms with van der Waals surface area (Å²) in [4.78, 5) is 11.1. The summed E-state index contributed by atoms with van der Waals surface area (Å²) in [6, 6.07) is 6.61. The van der Waals surface area contributed by atoms with Gasteiger partial charge in [-0.05, 0) is 43.7 Å². The van der Waals surface area contributed by atoms with Crippen molar-refractivity contribution in [1.29, 1.82) is 0 Å². The summed E-state index contributed by atoms with van der Waals surface area (Å²) in [5.74, 6) is 0.798. The second-order valence-corrected chi connectivity index (χ2v) is 4.34. The number of hydrogen-bond acceptors (Lipinski definition) is 1. The van der Waals surface area contributed by atoms with Gasteiger partial charge in [-0.1, -0.05) is 23.8 Å². The summed E-state index contributed by atoms with van der Waals surface area (Å²) in [7, 11) is 0. The summed E-state index contributed by atoms with van der Waals surface area (Å²) < 4.78 is 0. The molecule has 1 heteroatoms. The molecule has 0 spiro atoms. The van der Waals surface area contributed by atoms with Crippen LogP contribution >= 0.6 is 0 Å². The van der Waals surface area contributed by atoms with Crippen molar-refractivity contribution in [2.45, 2.75) is 39.0 Å². The zero-order valence-electron chi connectivity index (χ0n) is 8.84. The Hall–Kier alpha value is -1.11. The van der Waals surface area contributed by atoms with Gasteiger partial charge in [-0.3, -0.25) is 0 Å². The van der Waals surface area contributed by atoms with E-state index in [0.717, 1.165) is 19.3 Å². The Kier molecular flexibility index (Phi) is 2.40. The Morgan fingerprint density at radius 2 is 2.29 bits per heavy atom. The molecule has 0 saturated heterocycles. The van der Waals surface area contributed by atoms with E-state index in [9.17, 15) is 4.79 Å². The molecular formula is C13H16O. The fourth-order valence-electron chi connectivity index (χ4n) is 2.39. The van der Waals surface area contributed by atoms with Crippen LogP contribution < -0.4 is 0 Å². The molecule has 1 aliphatic carbocycles. The molecule has 14 heavy (non-hydrogen) atoms. The Morgan fingerprint density at radius 1 is 1.50 bits per heavy atom. The fourth-order valence-corrected chi connectivity index (χ4v) is 2.39. The summed E-state index contributed by atoms with van der Waals surface area (Å²) in [6.07, 6.45) is 3.02. The number of aryl methyl sites for hydroxylation is 2. The minimum Gasteiger partial charge on any atom is -0.300 e. The van der Waals surface area contributed by atoms with Gasteiger partial charge in [0.25, 0.3) is 0 Å². The number of hydrogen-bond donors (Lipinski definition) is 0. The number of Topliss-reactive ketones (excluding diaryl/α,β-unsaturated/α-hetero) is 1. The van der Waals surface area contributed by atoms with Crippen LogP contribution in [0.2, 0.25) is 0 Å². The highest BCUT2D eigenvalue weighted by Crippen LogP contribution is 2.35. The largest absolute Gasteiger partial charge is 0.300 e. The van der Waals surface area contributed by atoms with Gasteiger partial charge in [-0.2, -0.15) is 0 Å². The van der Waals surface area contributed by atoms with E-state index in [2.05, 4.69) is 25.1 Å². The minimum atomic E-state index is 0.309. The number of fused-ring (bicyclic) bond motifs is 1. The summed E-state index contributed by atoms with van der Waals surface area (Å²) >= 11 is 0. The van der Waals surface area contributed by atoms with Crippen molar-refractivity contribution in [2.75, 3.05) is 0 Å². The third-order valence-electron chi connectivity index (χ3n) is 3.03. The van der Waals surface area contributed by atoms with Crippen LogP contribution in [0.3, 0.4) is 0 Å². The molecule has 0 saturated carbocycles. The van der Waals surface area contributed by atoms with Crippen LogP contribution in [-0.2, 0) is 11.2 Å². The average Bonchev–Trinajstić information content (AvgIpc) is 2.47. The first-order valence-electron chi connectivity index (χ1n) is 5.25. The molecule has 74 valence electrons. The molecule has 0 aliphatic heterocycles. The number of ketones is 1. The Morgan fingerprint density at radius 3 is 3.00 bits per heavy atom. The minimum absolute atomic E-state index is 0.309. The van der Waals surface area contributed by atoms with E-state index in [-0.39, 0.29) is 0 Å². The molecular weight excluding hydrogens is 172 g/mol. The monoisotopic (exact) mass is 188 g/mol. The van der Waals surface area contributed by atoms with Gasteiger partial charge in [0.15, 0.2) is 0 Å². The van der Waals surface area contributed by atoms with Crippen molar-refractivity contribution < 1.29 is 4.79 Å².